The predicted octanol–water partition coefficient (Wildman–Crippen LogP) is 5.08. The van der Waals surface area contributed by atoms with Crippen LogP contribution in [0.1, 0.15) is 42.3 Å². The van der Waals surface area contributed by atoms with Gasteiger partial charge in [-0.15, -0.1) is 0 Å². The van der Waals surface area contributed by atoms with Crippen LogP contribution in [0.5, 0.6) is 11.5 Å². The first-order valence-electron chi connectivity index (χ1n) is 16.3. The van der Waals surface area contributed by atoms with Crippen LogP contribution in [0.3, 0.4) is 0 Å². The monoisotopic (exact) mass is 705 g/mol. The summed E-state index contributed by atoms with van der Waals surface area (Å²) < 4.78 is 47.5. The van der Waals surface area contributed by atoms with Crippen molar-refractivity contribution >= 4 is 33.2 Å². The molecule has 4 aromatic rings. The van der Waals surface area contributed by atoms with Crippen LogP contribution in [-0.2, 0) is 32.4 Å². The number of rotatable bonds is 9. The van der Waals surface area contributed by atoms with Gasteiger partial charge in [-0.1, -0.05) is 17.7 Å². The topological polar surface area (TPSA) is 109 Å². The van der Waals surface area contributed by atoms with E-state index < -0.39 is 27.0 Å². The van der Waals surface area contributed by atoms with E-state index in [0.717, 1.165) is 36.0 Å². The molecule has 2 saturated heterocycles. The molecule has 0 spiro atoms. The lowest BCUT2D eigenvalue weighted by Crippen LogP contribution is -2.59. The number of likely N-dealkylation sites (N-methyl/N-ethyl adjacent to an activating group) is 1. The molecule has 2 unspecified atom stereocenters. The first kappa shape index (κ1) is 33.6. The lowest BCUT2D eigenvalue weighted by atomic mass is 9.78. The number of carbonyl (C=O) groups excluding carboxylic acids is 1. The molecule has 0 saturated carbocycles. The third-order valence-electron chi connectivity index (χ3n) is 10.3. The summed E-state index contributed by atoms with van der Waals surface area (Å²) in [7, 11) is 0.759. The molecule has 1 aromatic heterocycles. The van der Waals surface area contributed by atoms with E-state index in [1.807, 2.05) is 30.0 Å². The Balaban J connectivity index is 1.49. The van der Waals surface area contributed by atoms with Crippen molar-refractivity contribution in [2.45, 2.75) is 42.3 Å². The summed E-state index contributed by atoms with van der Waals surface area (Å²) in [6.07, 6.45) is 4.43. The van der Waals surface area contributed by atoms with Crippen molar-refractivity contribution in [1.29, 1.82) is 0 Å². The summed E-state index contributed by atoms with van der Waals surface area (Å²) in [5.74, 6) is 0.723. The molecule has 258 valence electrons. The molecule has 1 amide bonds. The molecule has 2 atom stereocenters. The molecule has 0 bridgehead atoms. The average Bonchev–Trinajstić information content (AvgIpc) is 3.84. The molecule has 11 nitrogen and oxygen atoms in total. The van der Waals surface area contributed by atoms with E-state index in [1.165, 1.54) is 25.5 Å². The SMILES string of the molecule is COc1ccc(S(=O)(=O)N2C(=O)C(c3cc(CN4CCN(C)CC4)ccc3OC)(N3CCCC3(C)c3ncco3)c3cc(Cl)ccc32)cc1. The Labute approximate surface area is 292 Å². The Morgan fingerprint density at radius 1 is 0.939 bits per heavy atom. The number of hydrogen-bond donors (Lipinski definition) is 0. The second-order valence-electron chi connectivity index (χ2n) is 13.1. The highest BCUT2D eigenvalue weighted by Crippen LogP contribution is 2.58. The summed E-state index contributed by atoms with van der Waals surface area (Å²) in [6, 6.07) is 16.8. The van der Waals surface area contributed by atoms with Gasteiger partial charge in [-0.05, 0) is 87.0 Å². The fraction of sp³-hybridized carbons (Fsp3) is 0.389. The summed E-state index contributed by atoms with van der Waals surface area (Å²) in [6.45, 7) is 6.81. The number of methoxy groups -OCH3 is 2. The van der Waals surface area contributed by atoms with Crippen molar-refractivity contribution in [3.63, 3.8) is 0 Å². The molecular formula is C36H40ClN5O6S. The highest BCUT2D eigenvalue weighted by Gasteiger charge is 2.65. The van der Waals surface area contributed by atoms with E-state index in [4.69, 9.17) is 25.5 Å². The molecule has 4 heterocycles. The fourth-order valence-corrected chi connectivity index (χ4v) is 9.35. The number of oxazole rings is 1. The van der Waals surface area contributed by atoms with Gasteiger partial charge in [-0.3, -0.25) is 14.6 Å². The molecular weight excluding hydrogens is 666 g/mol. The van der Waals surface area contributed by atoms with Gasteiger partial charge in [-0.2, -0.15) is 0 Å². The summed E-state index contributed by atoms with van der Waals surface area (Å²) in [5.41, 5.74) is -0.415. The fourth-order valence-electron chi connectivity index (χ4n) is 7.72. The Morgan fingerprint density at radius 3 is 2.37 bits per heavy atom. The lowest BCUT2D eigenvalue weighted by molar-refractivity contribution is -0.130. The van der Waals surface area contributed by atoms with Gasteiger partial charge in [-0.25, -0.2) is 17.7 Å². The highest BCUT2D eigenvalue weighted by molar-refractivity contribution is 7.93. The molecule has 3 aliphatic rings. The number of sulfonamides is 1. The Hall–Kier alpha value is -3.94. The van der Waals surface area contributed by atoms with Crippen LogP contribution in [0, 0.1) is 0 Å². The van der Waals surface area contributed by atoms with E-state index in [-0.39, 0.29) is 10.6 Å². The van der Waals surface area contributed by atoms with Gasteiger partial charge < -0.3 is 18.8 Å². The second-order valence-corrected chi connectivity index (χ2v) is 15.3. The zero-order valence-electron chi connectivity index (χ0n) is 28.1. The number of fused-ring (bicyclic) bond motifs is 1. The molecule has 7 rings (SSSR count). The van der Waals surface area contributed by atoms with Gasteiger partial charge in [0.25, 0.3) is 15.9 Å². The number of hydrogen-bond acceptors (Lipinski definition) is 10. The van der Waals surface area contributed by atoms with Crippen LogP contribution in [0.25, 0.3) is 0 Å². The molecule has 0 aliphatic carbocycles. The number of benzene rings is 3. The largest absolute Gasteiger partial charge is 0.497 e. The Morgan fingerprint density at radius 2 is 1.69 bits per heavy atom. The number of likely N-dealkylation sites (tertiary alicyclic amines) is 1. The number of halogens is 1. The molecule has 0 N–H and O–H groups in total. The van der Waals surface area contributed by atoms with Gasteiger partial charge in [0.1, 0.15) is 17.8 Å². The summed E-state index contributed by atoms with van der Waals surface area (Å²) in [5, 5.41) is 0.365. The summed E-state index contributed by atoms with van der Waals surface area (Å²) in [4.78, 5) is 26.9. The number of amides is 1. The van der Waals surface area contributed by atoms with E-state index in [9.17, 15) is 8.42 Å². The lowest BCUT2D eigenvalue weighted by Gasteiger charge is -2.46. The van der Waals surface area contributed by atoms with Crippen molar-refractivity contribution in [1.82, 2.24) is 19.7 Å². The zero-order chi connectivity index (χ0) is 34.6. The number of aromatic nitrogens is 1. The normalized spacial score (nSPS) is 23.6. The van der Waals surface area contributed by atoms with E-state index in [0.29, 0.717) is 59.5 Å². The molecule has 0 radical (unpaired) electrons. The van der Waals surface area contributed by atoms with Gasteiger partial charge in [0.15, 0.2) is 5.54 Å². The third kappa shape index (κ3) is 5.41. The number of carbonyl (C=O) groups is 1. The van der Waals surface area contributed by atoms with Crippen molar-refractivity contribution < 1.29 is 27.1 Å². The molecule has 2 fully saturated rings. The van der Waals surface area contributed by atoms with Crippen LogP contribution in [0.4, 0.5) is 5.69 Å². The van der Waals surface area contributed by atoms with Crippen LogP contribution >= 0.6 is 11.6 Å². The Bertz CT molecular complexity index is 1970. The van der Waals surface area contributed by atoms with Crippen LogP contribution < -0.4 is 13.8 Å². The maximum Gasteiger partial charge on any atom is 0.271 e. The van der Waals surface area contributed by atoms with Crippen molar-refractivity contribution in [2.24, 2.45) is 0 Å². The number of ether oxygens (including phenoxy) is 2. The average molecular weight is 706 g/mol. The maximum absolute atomic E-state index is 15.7. The van der Waals surface area contributed by atoms with E-state index in [1.54, 1.807) is 43.6 Å². The zero-order valence-corrected chi connectivity index (χ0v) is 29.6. The van der Waals surface area contributed by atoms with Crippen molar-refractivity contribution in [3.05, 3.63) is 101 Å². The van der Waals surface area contributed by atoms with Crippen LogP contribution in [0.2, 0.25) is 5.02 Å². The third-order valence-corrected chi connectivity index (χ3v) is 12.2. The van der Waals surface area contributed by atoms with Gasteiger partial charge in [0.05, 0.1) is 36.5 Å². The standard InChI is InChI=1S/C36H40ClN5O6S/c1-35(33-38-15-21-48-33)14-5-16-41(35)36(30-22-25(6-13-32(30)47-4)24-40-19-17-39(2)18-20-40)29-23-26(37)7-12-31(29)42(34(36)43)49(44,45)28-10-8-27(46-3)9-11-28/h6-13,15,21-23H,5,14,16-20,24H2,1-4H3. The minimum Gasteiger partial charge on any atom is -0.497 e. The number of piperazine rings is 1. The van der Waals surface area contributed by atoms with Crippen molar-refractivity contribution in [3.8, 4) is 11.5 Å². The molecule has 49 heavy (non-hydrogen) atoms. The summed E-state index contributed by atoms with van der Waals surface area (Å²) >= 11 is 6.74. The quantitative estimate of drug-likeness (QED) is 0.234. The van der Waals surface area contributed by atoms with Crippen LogP contribution in [-0.4, -0.2) is 88.0 Å². The predicted molar refractivity (Wildman–Crippen MR) is 185 cm³/mol. The second kappa shape index (κ2) is 12.7. The number of anilines is 1. The highest BCUT2D eigenvalue weighted by atomic mass is 35.5. The Kier molecular flexibility index (Phi) is 8.73. The minimum absolute atomic E-state index is 0.0500. The van der Waals surface area contributed by atoms with Gasteiger partial charge >= 0.3 is 0 Å². The maximum atomic E-state index is 15.7. The first-order chi connectivity index (χ1) is 23.5. The minimum atomic E-state index is -4.43. The van der Waals surface area contributed by atoms with Crippen LogP contribution in [0.15, 0.2) is 82.4 Å². The molecule has 3 aromatic carbocycles. The molecule has 13 heteroatoms. The molecule has 3 aliphatic heterocycles. The van der Waals surface area contributed by atoms with Crippen molar-refractivity contribution in [2.75, 3.05) is 58.3 Å². The first-order valence-corrected chi connectivity index (χ1v) is 18.2. The van der Waals surface area contributed by atoms with E-state index in [2.05, 4.69) is 21.8 Å². The number of nitrogens with zero attached hydrogens (tertiary/aromatic N) is 5. The van der Waals surface area contributed by atoms with Gasteiger partial charge in [0, 0.05) is 55.4 Å². The van der Waals surface area contributed by atoms with Gasteiger partial charge in [0.2, 0.25) is 5.89 Å². The smallest absolute Gasteiger partial charge is 0.271 e. The van der Waals surface area contributed by atoms with E-state index >= 15 is 4.79 Å².